The minimum absolute atomic E-state index is 0.161. The van der Waals surface area contributed by atoms with E-state index in [0.29, 0.717) is 0 Å². The molecule has 3 aromatic carbocycles. The second-order valence-electron chi connectivity index (χ2n) is 6.48. The van der Waals surface area contributed by atoms with Gasteiger partial charge in [-0.1, -0.05) is 91.0 Å². The summed E-state index contributed by atoms with van der Waals surface area (Å²) in [5.74, 6) is -0.215. The molecule has 0 bridgehead atoms. The van der Waals surface area contributed by atoms with E-state index in [-0.39, 0.29) is 18.5 Å². The summed E-state index contributed by atoms with van der Waals surface area (Å²) < 4.78 is 11.9. The largest absolute Gasteiger partial charge is 0.459 e. The predicted octanol–water partition coefficient (Wildman–Crippen LogP) is 5.17. The van der Waals surface area contributed by atoms with Crippen LogP contribution in [0.15, 0.2) is 91.0 Å². The highest BCUT2D eigenvalue weighted by atomic mass is 35.5. The van der Waals surface area contributed by atoms with Gasteiger partial charge in [-0.2, -0.15) is 0 Å². The fourth-order valence-corrected chi connectivity index (χ4v) is 3.48. The maximum Gasteiger partial charge on any atom is 0.303 e. The molecule has 0 spiro atoms. The maximum absolute atomic E-state index is 11.4. The number of carbonyl (C=O) groups excluding carboxylic acids is 1. The number of hydrogen-bond acceptors (Lipinski definition) is 3. The van der Waals surface area contributed by atoms with Crippen LogP contribution >= 0.6 is 11.6 Å². The molecule has 28 heavy (non-hydrogen) atoms. The van der Waals surface area contributed by atoms with Crippen molar-refractivity contribution in [1.29, 1.82) is 0 Å². The summed E-state index contributed by atoms with van der Waals surface area (Å²) in [7, 11) is 0. The van der Waals surface area contributed by atoms with E-state index in [4.69, 9.17) is 21.1 Å². The molecule has 0 heterocycles. The molecule has 144 valence electrons. The molecule has 0 aliphatic heterocycles. The number of carbonyl (C=O) groups is 1. The molecule has 3 nitrogen and oxygen atoms in total. The molecule has 3 aromatic rings. The minimum Gasteiger partial charge on any atom is -0.459 e. The molecule has 4 heteroatoms. The first-order valence-electron chi connectivity index (χ1n) is 9.20. The van der Waals surface area contributed by atoms with Gasteiger partial charge in [0.15, 0.2) is 0 Å². The van der Waals surface area contributed by atoms with Gasteiger partial charge in [-0.15, -0.1) is 11.6 Å². The Morgan fingerprint density at radius 1 is 0.821 bits per heavy atom. The molecule has 0 saturated carbocycles. The normalized spacial score (nSPS) is 12.4. The van der Waals surface area contributed by atoms with Crippen molar-refractivity contribution in [3.05, 3.63) is 108 Å². The first-order chi connectivity index (χ1) is 13.7. The Morgan fingerprint density at radius 3 is 1.54 bits per heavy atom. The van der Waals surface area contributed by atoms with Gasteiger partial charge in [0.25, 0.3) is 0 Å². The van der Waals surface area contributed by atoms with E-state index in [2.05, 4.69) is 0 Å². The topological polar surface area (TPSA) is 35.5 Å². The van der Waals surface area contributed by atoms with Gasteiger partial charge in [0.2, 0.25) is 0 Å². The zero-order valence-electron chi connectivity index (χ0n) is 15.8. The van der Waals surface area contributed by atoms with Gasteiger partial charge in [0, 0.05) is 6.92 Å². The van der Waals surface area contributed by atoms with Crippen molar-refractivity contribution in [2.45, 2.75) is 18.6 Å². The molecule has 1 unspecified atom stereocenters. The van der Waals surface area contributed by atoms with Gasteiger partial charge in [0.05, 0.1) is 12.5 Å². The number of rotatable bonds is 8. The van der Waals surface area contributed by atoms with E-state index in [1.807, 2.05) is 91.0 Å². The van der Waals surface area contributed by atoms with E-state index < -0.39 is 11.7 Å². The van der Waals surface area contributed by atoms with E-state index >= 15 is 0 Å². The third kappa shape index (κ3) is 4.44. The van der Waals surface area contributed by atoms with Gasteiger partial charge in [0.1, 0.15) is 11.7 Å². The smallest absolute Gasteiger partial charge is 0.303 e. The van der Waals surface area contributed by atoms with Crippen molar-refractivity contribution in [1.82, 2.24) is 0 Å². The highest BCUT2D eigenvalue weighted by Gasteiger charge is 2.38. The average Bonchev–Trinajstić information content (AvgIpc) is 2.75. The lowest BCUT2D eigenvalue weighted by Gasteiger charge is -2.36. The molecule has 1 atom stereocenters. The Kier molecular flexibility index (Phi) is 6.85. The highest BCUT2D eigenvalue weighted by Crippen LogP contribution is 2.40. The summed E-state index contributed by atoms with van der Waals surface area (Å²) in [6, 6.07) is 30.1. The zero-order chi connectivity index (χ0) is 19.8. The number of hydrogen-bond donors (Lipinski definition) is 0. The van der Waals surface area contributed by atoms with Crippen molar-refractivity contribution in [3.8, 4) is 0 Å². The van der Waals surface area contributed by atoms with Crippen LogP contribution < -0.4 is 0 Å². The lowest BCUT2D eigenvalue weighted by Crippen LogP contribution is -2.37. The first-order valence-corrected chi connectivity index (χ1v) is 9.74. The quantitative estimate of drug-likeness (QED) is 0.300. The lowest BCUT2D eigenvalue weighted by molar-refractivity contribution is -0.150. The zero-order valence-corrected chi connectivity index (χ0v) is 16.5. The van der Waals surface area contributed by atoms with Gasteiger partial charge in [-0.3, -0.25) is 4.79 Å². The molecule has 0 aliphatic rings. The molecule has 0 radical (unpaired) electrons. The number of alkyl halides is 1. The Labute approximate surface area is 170 Å². The molecule has 0 aromatic heterocycles. The van der Waals surface area contributed by atoms with E-state index in [0.717, 1.165) is 16.7 Å². The van der Waals surface area contributed by atoms with Crippen LogP contribution in [0.1, 0.15) is 23.6 Å². The van der Waals surface area contributed by atoms with Crippen LogP contribution in [0.5, 0.6) is 0 Å². The van der Waals surface area contributed by atoms with Crippen molar-refractivity contribution in [3.63, 3.8) is 0 Å². The standard InChI is InChI=1S/C24H23ClO3/c1-19(26)28-23(17-25)18-27-24(20-11-5-2-6-12-20,21-13-7-3-8-14-21)22-15-9-4-10-16-22/h2-16,23H,17-18H2,1H3. The maximum atomic E-state index is 11.4. The summed E-state index contributed by atoms with van der Waals surface area (Å²) in [5, 5.41) is 0. The fourth-order valence-electron chi connectivity index (χ4n) is 3.33. The lowest BCUT2D eigenvalue weighted by atomic mass is 9.80. The SMILES string of the molecule is CC(=O)OC(CCl)COC(c1ccccc1)(c1ccccc1)c1ccccc1. The number of benzene rings is 3. The van der Waals surface area contributed by atoms with Gasteiger partial charge in [-0.25, -0.2) is 0 Å². The van der Waals surface area contributed by atoms with Crippen LogP contribution in [0.4, 0.5) is 0 Å². The second kappa shape index (κ2) is 9.54. The summed E-state index contributed by atoms with van der Waals surface area (Å²) in [6.45, 7) is 1.54. The molecule has 0 N–H and O–H groups in total. The molecule has 0 fully saturated rings. The van der Waals surface area contributed by atoms with E-state index in [9.17, 15) is 4.79 Å². The second-order valence-corrected chi connectivity index (χ2v) is 6.78. The minimum atomic E-state index is -0.853. The summed E-state index contributed by atoms with van der Waals surface area (Å²) >= 11 is 6.02. The molecule has 0 saturated heterocycles. The Morgan fingerprint density at radius 2 is 1.21 bits per heavy atom. The number of esters is 1. The van der Waals surface area contributed by atoms with Crippen molar-refractivity contribution in [2.75, 3.05) is 12.5 Å². The Hall–Kier alpha value is -2.62. The van der Waals surface area contributed by atoms with E-state index in [1.165, 1.54) is 6.92 Å². The molecular formula is C24H23ClO3. The Balaban J connectivity index is 2.12. The fraction of sp³-hybridized carbons (Fsp3) is 0.208. The van der Waals surface area contributed by atoms with Crippen molar-refractivity contribution >= 4 is 17.6 Å². The van der Waals surface area contributed by atoms with Crippen LogP contribution in [0.2, 0.25) is 0 Å². The molecule has 0 amide bonds. The van der Waals surface area contributed by atoms with Crippen molar-refractivity contribution in [2.24, 2.45) is 0 Å². The van der Waals surface area contributed by atoms with Gasteiger partial charge < -0.3 is 9.47 Å². The van der Waals surface area contributed by atoms with Crippen LogP contribution in [0.25, 0.3) is 0 Å². The summed E-state index contributed by atoms with van der Waals surface area (Å²) in [5.41, 5.74) is 2.12. The van der Waals surface area contributed by atoms with Gasteiger partial charge in [-0.05, 0) is 16.7 Å². The van der Waals surface area contributed by atoms with Crippen LogP contribution in [-0.4, -0.2) is 24.6 Å². The summed E-state index contributed by atoms with van der Waals surface area (Å²) in [4.78, 5) is 11.4. The van der Waals surface area contributed by atoms with Crippen molar-refractivity contribution < 1.29 is 14.3 Å². The third-order valence-electron chi connectivity index (χ3n) is 4.53. The molecule has 0 aliphatic carbocycles. The van der Waals surface area contributed by atoms with Crippen LogP contribution in [0.3, 0.4) is 0 Å². The number of ether oxygens (including phenoxy) is 2. The highest BCUT2D eigenvalue weighted by molar-refractivity contribution is 6.18. The summed E-state index contributed by atoms with van der Waals surface area (Å²) in [6.07, 6.45) is -0.533. The molecule has 3 rings (SSSR count). The average molecular weight is 395 g/mol. The Bertz CT molecular complexity index is 769. The van der Waals surface area contributed by atoms with Gasteiger partial charge >= 0.3 is 5.97 Å². The monoisotopic (exact) mass is 394 g/mol. The first kappa shape index (κ1) is 20.1. The van der Waals surface area contributed by atoms with E-state index in [1.54, 1.807) is 0 Å². The van der Waals surface area contributed by atoms with Crippen LogP contribution in [-0.2, 0) is 19.9 Å². The number of halogens is 1. The van der Waals surface area contributed by atoms with Crippen LogP contribution in [0, 0.1) is 0 Å². The third-order valence-corrected chi connectivity index (χ3v) is 4.88. The predicted molar refractivity (Wildman–Crippen MR) is 111 cm³/mol. The molecular weight excluding hydrogens is 372 g/mol.